The van der Waals surface area contributed by atoms with Crippen LogP contribution in [0.4, 0.5) is 0 Å². The summed E-state index contributed by atoms with van der Waals surface area (Å²) in [7, 11) is 0. The fourth-order valence-corrected chi connectivity index (χ4v) is 1.11. The van der Waals surface area contributed by atoms with Crippen LogP contribution in [0.3, 0.4) is 0 Å². The third kappa shape index (κ3) is 0.994. The van der Waals surface area contributed by atoms with Crippen LogP contribution >= 0.6 is 0 Å². The Hall–Kier alpha value is -2.11. The van der Waals surface area contributed by atoms with E-state index in [-0.39, 0.29) is 11.2 Å². The molecule has 13 heavy (non-hydrogen) atoms. The summed E-state index contributed by atoms with van der Waals surface area (Å²) in [6.07, 6.45) is 2.95. The van der Waals surface area contributed by atoms with E-state index in [1.54, 1.807) is 6.07 Å². The summed E-state index contributed by atoms with van der Waals surface area (Å²) in [6.45, 7) is 0. The van der Waals surface area contributed by atoms with Gasteiger partial charge in [-0.1, -0.05) is 0 Å². The van der Waals surface area contributed by atoms with Crippen LogP contribution in [0.2, 0.25) is 0 Å². The first-order chi connectivity index (χ1) is 6.20. The third-order valence-electron chi connectivity index (χ3n) is 1.63. The molecule has 2 heterocycles. The zero-order chi connectivity index (χ0) is 9.42. The first kappa shape index (κ1) is 7.53. The van der Waals surface area contributed by atoms with E-state index in [4.69, 9.17) is 5.11 Å². The second kappa shape index (κ2) is 2.44. The molecule has 0 unspecified atom stereocenters. The Labute approximate surface area is 71.4 Å². The summed E-state index contributed by atoms with van der Waals surface area (Å²) >= 11 is 0. The SMILES string of the molecule is O=C(O)c1c(=O)[nH]n2cccnc12. The van der Waals surface area contributed by atoms with Crippen molar-refractivity contribution in [2.45, 2.75) is 0 Å². The Kier molecular flexibility index (Phi) is 1.42. The molecule has 0 saturated carbocycles. The number of aromatic carboxylic acids is 1. The van der Waals surface area contributed by atoms with Crippen molar-refractivity contribution >= 4 is 11.6 Å². The number of carbonyl (C=O) groups is 1. The van der Waals surface area contributed by atoms with Crippen molar-refractivity contribution in [3.63, 3.8) is 0 Å². The molecule has 0 atom stereocenters. The molecule has 0 radical (unpaired) electrons. The van der Waals surface area contributed by atoms with Crippen LogP contribution in [0.5, 0.6) is 0 Å². The maximum atomic E-state index is 11.1. The lowest BCUT2D eigenvalue weighted by molar-refractivity contribution is 0.0697. The summed E-state index contributed by atoms with van der Waals surface area (Å²) in [6, 6.07) is 1.59. The zero-order valence-corrected chi connectivity index (χ0v) is 6.39. The van der Waals surface area contributed by atoms with Gasteiger partial charge in [-0.15, -0.1) is 0 Å². The van der Waals surface area contributed by atoms with Crippen molar-refractivity contribution < 1.29 is 9.90 Å². The fraction of sp³-hybridized carbons (Fsp3) is 0. The van der Waals surface area contributed by atoms with Crippen molar-refractivity contribution in [2.24, 2.45) is 0 Å². The molecule has 0 spiro atoms. The predicted molar refractivity (Wildman–Crippen MR) is 42.8 cm³/mol. The van der Waals surface area contributed by atoms with E-state index >= 15 is 0 Å². The number of nitrogens with one attached hydrogen (secondary N) is 1. The van der Waals surface area contributed by atoms with Crippen molar-refractivity contribution in [3.8, 4) is 0 Å². The van der Waals surface area contributed by atoms with Gasteiger partial charge in [0.1, 0.15) is 0 Å². The van der Waals surface area contributed by atoms with Crippen molar-refractivity contribution in [1.82, 2.24) is 14.6 Å². The van der Waals surface area contributed by atoms with Gasteiger partial charge in [0.05, 0.1) is 0 Å². The molecule has 0 amide bonds. The quantitative estimate of drug-likeness (QED) is 0.630. The van der Waals surface area contributed by atoms with E-state index in [2.05, 4.69) is 10.1 Å². The van der Waals surface area contributed by atoms with E-state index in [0.717, 1.165) is 0 Å². The van der Waals surface area contributed by atoms with Crippen LogP contribution < -0.4 is 5.56 Å². The molecule has 0 aliphatic heterocycles. The number of H-pyrrole nitrogens is 1. The van der Waals surface area contributed by atoms with Gasteiger partial charge >= 0.3 is 5.97 Å². The largest absolute Gasteiger partial charge is 0.477 e. The molecule has 6 nitrogen and oxygen atoms in total. The van der Waals surface area contributed by atoms with E-state index in [1.807, 2.05) is 0 Å². The van der Waals surface area contributed by atoms with Crippen LogP contribution in [0.15, 0.2) is 23.3 Å². The van der Waals surface area contributed by atoms with Crippen molar-refractivity contribution in [1.29, 1.82) is 0 Å². The van der Waals surface area contributed by atoms with Gasteiger partial charge in [0, 0.05) is 12.4 Å². The highest BCUT2D eigenvalue weighted by Crippen LogP contribution is 2.00. The lowest BCUT2D eigenvalue weighted by Crippen LogP contribution is -2.11. The standard InChI is InChI=1S/C7H5N3O3/c11-6-4(7(12)13)5-8-2-1-3-10(5)9-6/h1-3H,(H,9,11)(H,12,13). The second-order valence-corrected chi connectivity index (χ2v) is 2.43. The molecule has 0 bridgehead atoms. The lowest BCUT2D eigenvalue weighted by atomic mass is 10.3. The molecular formula is C7H5N3O3. The van der Waals surface area contributed by atoms with Crippen molar-refractivity contribution in [2.75, 3.05) is 0 Å². The van der Waals surface area contributed by atoms with Crippen LogP contribution in [-0.2, 0) is 0 Å². The van der Waals surface area contributed by atoms with E-state index < -0.39 is 11.5 Å². The Morgan fingerprint density at radius 3 is 3.08 bits per heavy atom. The Balaban J connectivity index is 2.95. The molecule has 0 fully saturated rings. The topological polar surface area (TPSA) is 87.5 Å². The molecule has 2 rings (SSSR count). The summed E-state index contributed by atoms with van der Waals surface area (Å²) < 4.78 is 1.27. The molecule has 0 aliphatic carbocycles. The Morgan fingerprint density at radius 2 is 2.38 bits per heavy atom. The molecule has 2 aromatic heterocycles. The molecule has 2 N–H and O–H groups in total. The summed E-state index contributed by atoms with van der Waals surface area (Å²) in [5.74, 6) is -1.28. The number of fused-ring (bicyclic) bond motifs is 1. The number of hydrogen-bond acceptors (Lipinski definition) is 3. The molecule has 0 saturated heterocycles. The van der Waals surface area contributed by atoms with E-state index in [9.17, 15) is 9.59 Å². The van der Waals surface area contributed by atoms with Crippen LogP contribution in [0.1, 0.15) is 10.4 Å². The van der Waals surface area contributed by atoms with Gasteiger partial charge in [0.15, 0.2) is 11.2 Å². The van der Waals surface area contributed by atoms with Crippen LogP contribution in [-0.4, -0.2) is 25.7 Å². The minimum absolute atomic E-state index is 0.125. The van der Waals surface area contributed by atoms with Gasteiger partial charge in [-0.05, 0) is 6.07 Å². The third-order valence-corrected chi connectivity index (χ3v) is 1.63. The van der Waals surface area contributed by atoms with E-state index in [0.29, 0.717) is 0 Å². The molecule has 0 aromatic carbocycles. The van der Waals surface area contributed by atoms with Gasteiger partial charge in [-0.3, -0.25) is 9.89 Å². The molecule has 0 aliphatic rings. The average molecular weight is 179 g/mol. The van der Waals surface area contributed by atoms with Gasteiger partial charge in [-0.25, -0.2) is 14.3 Å². The van der Waals surface area contributed by atoms with Crippen LogP contribution in [0, 0.1) is 0 Å². The number of carboxylic acids is 1. The number of carboxylic acid groups (broad SMARTS) is 1. The number of hydrogen-bond donors (Lipinski definition) is 2. The van der Waals surface area contributed by atoms with E-state index in [1.165, 1.54) is 16.9 Å². The van der Waals surface area contributed by atoms with Gasteiger partial charge in [0.25, 0.3) is 5.56 Å². The zero-order valence-electron chi connectivity index (χ0n) is 6.39. The first-order valence-electron chi connectivity index (χ1n) is 3.49. The highest BCUT2D eigenvalue weighted by Gasteiger charge is 2.16. The summed E-state index contributed by atoms with van der Waals surface area (Å²) in [5, 5.41) is 11.0. The second-order valence-electron chi connectivity index (χ2n) is 2.43. The van der Waals surface area contributed by atoms with Gasteiger partial charge in [0.2, 0.25) is 0 Å². The van der Waals surface area contributed by atoms with Gasteiger partial charge < -0.3 is 5.11 Å². The monoisotopic (exact) mass is 179 g/mol. The minimum Gasteiger partial charge on any atom is -0.477 e. The normalized spacial score (nSPS) is 10.5. The maximum Gasteiger partial charge on any atom is 0.345 e. The Morgan fingerprint density at radius 1 is 1.62 bits per heavy atom. The van der Waals surface area contributed by atoms with Crippen molar-refractivity contribution in [3.05, 3.63) is 34.4 Å². The molecule has 6 heteroatoms. The summed E-state index contributed by atoms with van der Waals surface area (Å²) in [5.41, 5.74) is -0.855. The maximum absolute atomic E-state index is 11.1. The van der Waals surface area contributed by atoms with Gasteiger partial charge in [-0.2, -0.15) is 0 Å². The highest BCUT2D eigenvalue weighted by atomic mass is 16.4. The first-order valence-corrected chi connectivity index (χ1v) is 3.49. The number of aromatic nitrogens is 3. The fourth-order valence-electron chi connectivity index (χ4n) is 1.11. The summed E-state index contributed by atoms with van der Waals surface area (Å²) in [4.78, 5) is 25.5. The number of rotatable bonds is 1. The smallest absolute Gasteiger partial charge is 0.345 e. The number of nitrogens with zero attached hydrogens (tertiary/aromatic N) is 2. The average Bonchev–Trinajstić information content (AvgIpc) is 2.39. The Bertz CT molecular complexity index is 525. The number of aromatic amines is 1. The minimum atomic E-state index is -1.28. The molecule has 66 valence electrons. The lowest BCUT2D eigenvalue weighted by Gasteiger charge is -1.90. The van der Waals surface area contributed by atoms with Crippen LogP contribution in [0.25, 0.3) is 5.65 Å². The highest BCUT2D eigenvalue weighted by molar-refractivity contribution is 5.93. The predicted octanol–water partition coefficient (Wildman–Crippen LogP) is -0.279. The molecular weight excluding hydrogens is 174 g/mol. The molecule has 2 aromatic rings.